The van der Waals surface area contributed by atoms with Crippen molar-refractivity contribution in [1.29, 1.82) is 0 Å². The molecular formula is C25H33FN6O2. The van der Waals surface area contributed by atoms with E-state index < -0.39 is 0 Å². The Morgan fingerprint density at radius 1 is 1.29 bits per heavy atom. The number of anilines is 2. The minimum atomic E-state index is -0.363. The Morgan fingerprint density at radius 3 is 2.76 bits per heavy atom. The van der Waals surface area contributed by atoms with Crippen LogP contribution in [-0.4, -0.2) is 50.1 Å². The molecule has 1 N–H and O–H groups in total. The van der Waals surface area contributed by atoms with Gasteiger partial charge in [0.25, 0.3) is 0 Å². The van der Waals surface area contributed by atoms with Gasteiger partial charge < -0.3 is 15.0 Å². The number of nitrogens with zero attached hydrogens (tertiary/aromatic N) is 5. The summed E-state index contributed by atoms with van der Waals surface area (Å²) in [5.41, 5.74) is 4.05. The third-order valence-electron chi connectivity index (χ3n) is 6.30. The van der Waals surface area contributed by atoms with Gasteiger partial charge in [0.15, 0.2) is 5.82 Å². The number of aromatic nitrogens is 4. The molecule has 1 fully saturated rings. The lowest BCUT2D eigenvalue weighted by molar-refractivity contribution is -0.129. The predicted molar refractivity (Wildman–Crippen MR) is 129 cm³/mol. The highest BCUT2D eigenvalue weighted by Gasteiger charge is 2.30. The molecule has 1 saturated heterocycles. The number of nitrogens with one attached hydrogen (secondary N) is 1. The number of aryl methyl sites for hydroxylation is 1. The molecule has 1 unspecified atom stereocenters. The number of carbonyl (C=O) groups excluding carboxylic acids is 1. The normalized spacial score (nSPS) is 17.2. The maximum atomic E-state index is 15.0. The molecule has 8 nitrogen and oxygen atoms in total. The number of carbonyl (C=O) groups is 1. The van der Waals surface area contributed by atoms with E-state index in [0.29, 0.717) is 37.8 Å². The summed E-state index contributed by atoms with van der Waals surface area (Å²) in [4.78, 5) is 13.8. The first kappa shape index (κ1) is 23.9. The first-order valence-corrected chi connectivity index (χ1v) is 12.1. The predicted octanol–water partition coefficient (Wildman–Crippen LogP) is 4.54. The Morgan fingerprint density at radius 2 is 2.12 bits per heavy atom. The summed E-state index contributed by atoms with van der Waals surface area (Å²) in [6.07, 6.45) is 5.27. The summed E-state index contributed by atoms with van der Waals surface area (Å²) in [7, 11) is 0. The van der Waals surface area contributed by atoms with E-state index in [2.05, 4.69) is 10.4 Å². The van der Waals surface area contributed by atoms with E-state index in [4.69, 9.17) is 9.84 Å². The van der Waals surface area contributed by atoms with Crippen LogP contribution in [-0.2, 0) is 29.0 Å². The molecule has 2 aromatic heterocycles. The van der Waals surface area contributed by atoms with E-state index >= 15 is 4.39 Å². The van der Waals surface area contributed by atoms with E-state index in [1.165, 1.54) is 6.07 Å². The Kier molecular flexibility index (Phi) is 7.31. The van der Waals surface area contributed by atoms with Crippen molar-refractivity contribution in [3.8, 4) is 11.1 Å². The second kappa shape index (κ2) is 10.4. The fourth-order valence-corrected chi connectivity index (χ4v) is 4.44. The van der Waals surface area contributed by atoms with Crippen LogP contribution in [0.15, 0.2) is 30.6 Å². The highest BCUT2D eigenvalue weighted by molar-refractivity contribution is 5.74. The van der Waals surface area contributed by atoms with Crippen molar-refractivity contribution in [3.05, 3.63) is 47.7 Å². The quantitative estimate of drug-likeness (QED) is 0.595. The summed E-state index contributed by atoms with van der Waals surface area (Å²) in [6.45, 7) is 10.8. The number of hydrogen-bond donors (Lipinski definition) is 1. The van der Waals surface area contributed by atoms with Crippen LogP contribution in [0.2, 0.25) is 0 Å². The van der Waals surface area contributed by atoms with Crippen molar-refractivity contribution in [2.45, 2.75) is 59.7 Å². The second-order valence-corrected chi connectivity index (χ2v) is 8.33. The SMILES string of the molecule is CC.CCn1cc(-c2ccc(Nc3nn(C4CCOC4)c4c3CN(C(C)=O)CC4)c(F)c2)cn1. The van der Waals surface area contributed by atoms with Crippen molar-refractivity contribution in [1.82, 2.24) is 24.5 Å². The molecule has 9 heteroatoms. The monoisotopic (exact) mass is 468 g/mol. The van der Waals surface area contributed by atoms with Crippen LogP contribution >= 0.6 is 0 Å². The summed E-state index contributed by atoms with van der Waals surface area (Å²) in [5, 5.41) is 12.3. The lowest BCUT2D eigenvalue weighted by Crippen LogP contribution is -2.35. The Hall–Kier alpha value is -3.20. The molecular weight excluding hydrogens is 435 g/mol. The number of hydrogen-bond acceptors (Lipinski definition) is 5. The second-order valence-electron chi connectivity index (χ2n) is 8.33. The maximum Gasteiger partial charge on any atom is 0.219 e. The number of fused-ring (bicyclic) bond motifs is 1. The highest BCUT2D eigenvalue weighted by atomic mass is 19.1. The van der Waals surface area contributed by atoms with Crippen molar-refractivity contribution >= 4 is 17.4 Å². The third-order valence-corrected chi connectivity index (χ3v) is 6.30. The van der Waals surface area contributed by atoms with Crippen molar-refractivity contribution in [2.24, 2.45) is 0 Å². The zero-order valence-electron chi connectivity index (χ0n) is 20.3. The van der Waals surface area contributed by atoms with Crippen LogP contribution in [0.5, 0.6) is 0 Å². The van der Waals surface area contributed by atoms with Gasteiger partial charge in [-0.2, -0.15) is 10.2 Å². The Balaban J connectivity index is 0.00000133. The van der Waals surface area contributed by atoms with Crippen LogP contribution in [0.25, 0.3) is 11.1 Å². The summed E-state index contributed by atoms with van der Waals surface area (Å²) >= 11 is 0. The van der Waals surface area contributed by atoms with E-state index in [1.54, 1.807) is 24.1 Å². The average molecular weight is 469 g/mol. The van der Waals surface area contributed by atoms with E-state index in [1.807, 2.05) is 42.4 Å². The van der Waals surface area contributed by atoms with Gasteiger partial charge in [0.05, 0.1) is 31.1 Å². The lowest BCUT2D eigenvalue weighted by Gasteiger charge is -2.27. The van der Waals surface area contributed by atoms with Gasteiger partial charge in [-0.05, 0) is 31.0 Å². The summed E-state index contributed by atoms with van der Waals surface area (Å²) in [6, 6.07) is 5.28. The number of benzene rings is 1. The molecule has 34 heavy (non-hydrogen) atoms. The molecule has 182 valence electrons. The largest absolute Gasteiger partial charge is 0.379 e. The fourth-order valence-electron chi connectivity index (χ4n) is 4.44. The molecule has 1 atom stereocenters. The maximum absolute atomic E-state index is 15.0. The molecule has 2 aliphatic heterocycles. The summed E-state index contributed by atoms with van der Waals surface area (Å²) < 4.78 is 24.4. The van der Waals surface area contributed by atoms with Crippen molar-refractivity contribution < 1.29 is 13.9 Å². The first-order chi connectivity index (χ1) is 16.5. The minimum Gasteiger partial charge on any atom is -0.379 e. The van der Waals surface area contributed by atoms with Gasteiger partial charge in [0, 0.05) is 56.1 Å². The molecule has 0 saturated carbocycles. The number of halogens is 1. The van der Waals surface area contributed by atoms with Gasteiger partial charge in [0.2, 0.25) is 5.91 Å². The topological polar surface area (TPSA) is 77.2 Å². The number of ether oxygens (including phenoxy) is 1. The van der Waals surface area contributed by atoms with Gasteiger partial charge in [-0.15, -0.1) is 0 Å². The van der Waals surface area contributed by atoms with Crippen LogP contribution in [0, 0.1) is 5.82 Å². The number of amides is 1. The first-order valence-electron chi connectivity index (χ1n) is 12.1. The Bertz CT molecular complexity index is 1150. The van der Waals surface area contributed by atoms with Gasteiger partial charge in [-0.3, -0.25) is 14.2 Å². The Labute approximate surface area is 199 Å². The fraction of sp³-hybridized carbons (Fsp3) is 0.480. The van der Waals surface area contributed by atoms with Crippen LogP contribution < -0.4 is 5.32 Å². The molecule has 1 amide bonds. The van der Waals surface area contributed by atoms with Gasteiger partial charge in [-0.25, -0.2) is 4.39 Å². The van der Waals surface area contributed by atoms with E-state index in [9.17, 15) is 4.79 Å². The van der Waals surface area contributed by atoms with Crippen LogP contribution in [0.4, 0.5) is 15.9 Å². The zero-order valence-corrected chi connectivity index (χ0v) is 20.3. The average Bonchev–Trinajstić information content (AvgIpc) is 3.61. The lowest BCUT2D eigenvalue weighted by atomic mass is 10.1. The molecule has 1 aromatic carbocycles. The third kappa shape index (κ3) is 4.70. The molecule has 0 aliphatic carbocycles. The molecule has 2 aliphatic rings. The van der Waals surface area contributed by atoms with Crippen LogP contribution in [0.3, 0.4) is 0 Å². The minimum absolute atomic E-state index is 0.0294. The van der Waals surface area contributed by atoms with E-state index in [-0.39, 0.29) is 17.8 Å². The van der Waals surface area contributed by atoms with Crippen molar-refractivity contribution in [2.75, 3.05) is 25.1 Å². The van der Waals surface area contributed by atoms with E-state index in [0.717, 1.165) is 41.8 Å². The molecule has 5 rings (SSSR count). The molecule has 0 spiro atoms. The molecule has 0 radical (unpaired) electrons. The van der Waals surface area contributed by atoms with Gasteiger partial charge >= 0.3 is 0 Å². The smallest absolute Gasteiger partial charge is 0.219 e. The zero-order chi connectivity index (χ0) is 24.2. The number of rotatable bonds is 5. The molecule has 3 aromatic rings. The molecule has 4 heterocycles. The van der Waals surface area contributed by atoms with Gasteiger partial charge in [-0.1, -0.05) is 19.9 Å². The standard InChI is InChI=1S/C23H27FN6O2.C2H6/c1-3-29-12-17(11-25-29)16-4-5-21(20(24)10-16)26-23-19-13-28(15(2)31)8-6-22(19)30(27-23)18-7-9-32-14-18;1-2/h4-5,10-12,18H,3,6-9,13-14H2,1-2H3,(H,26,27);1-2H3. The van der Waals surface area contributed by atoms with Crippen molar-refractivity contribution in [3.63, 3.8) is 0 Å². The highest BCUT2D eigenvalue weighted by Crippen LogP contribution is 2.34. The molecule has 0 bridgehead atoms. The summed E-state index contributed by atoms with van der Waals surface area (Å²) in [5.74, 6) is 0.267. The van der Waals surface area contributed by atoms with Crippen LogP contribution in [0.1, 0.15) is 51.4 Å². The van der Waals surface area contributed by atoms with Gasteiger partial charge in [0.1, 0.15) is 5.82 Å².